The molecule has 5 unspecified atom stereocenters. The third-order valence-corrected chi connectivity index (χ3v) is 15.9. The molecule has 0 aliphatic rings. The van der Waals surface area contributed by atoms with Gasteiger partial charge in [-0.1, -0.05) is 238 Å². The number of allylic oxidation sites excluding steroid dienone is 6. The van der Waals surface area contributed by atoms with Crippen LogP contribution in [0.3, 0.4) is 0 Å². The van der Waals surface area contributed by atoms with Crippen LogP contribution in [-0.2, 0) is 0 Å². The Labute approximate surface area is 429 Å². The van der Waals surface area contributed by atoms with Crippen LogP contribution in [0.15, 0.2) is 85.4 Å². The summed E-state index contributed by atoms with van der Waals surface area (Å²) in [6.45, 7) is 54.4. The van der Waals surface area contributed by atoms with Crippen LogP contribution in [0.25, 0.3) is 0 Å². The van der Waals surface area contributed by atoms with Crippen LogP contribution in [0.2, 0.25) is 0 Å². The lowest BCUT2D eigenvalue weighted by molar-refractivity contribution is 0.250. The first kappa shape index (κ1) is 65.8. The topological polar surface area (TPSA) is 6.48 Å². The van der Waals surface area contributed by atoms with Crippen molar-refractivity contribution in [3.63, 3.8) is 0 Å². The first-order valence-corrected chi connectivity index (χ1v) is 29.9. The largest absolute Gasteiger partial charge is 0.358 e. The Balaban J connectivity index is 5.74. The first-order chi connectivity index (χ1) is 32.7. The minimum Gasteiger partial charge on any atom is -0.358 e. The fraction of sp³-hybridized carbons (Fsp3) is 0.788. The van der Waals surface area contributed by atoms with Gasteiger partial charge in [0.25, 0.3) is 0 Å². The third kappa shape index (κ3) is 34.2. The lowest BCUT2D eigenvalue weighted by atomic mass is 9.82. The van der Waals surface area contributed by atoms with E-state index in [2.05, 4.69) is 118 Å². The van der Waals surface area contributed by atoms with Crippen molar-refractivity contribution in [1.82, 2.24) is 9.80 Å². The zero-order chi connectivity index (χ0) is 51.0. The van der Waals surface area contributed by atoms with E-state index in [1.807, 2.05) is 0 Å². The van der Waals surface area contributed by atoms with E-state index in [1.54, 1.807) is 0 Å². The molecular weight excluding hydrogens is 821 g/mol. The minimum atomic E-state index is 0.620. The molecule has 0 amide bonds. The van der Waals surface area contributed by atoms with E-state index in [-0.39, 0.29) is 0 Å². The predicted molar refractivity (Wildman–Crippen MR) is 312 cm³/mol. The standard InChI is InChI=1S/C66H122N2/c1-17-23-27-31-37-55(7)53-66(48-45-63(15)60(12)42-34-30-26-20-4)54-57(9)39-36-51-68(64(16)67(22-6)49-21-5)50-35-38-56(8)52-65(46-43-61(13)58(10)40-32-28-24-18-2)47-44-62(14)59(11)41-33-29-25-19-3/h21,49,55,58-60,65-66H,8-9,13-20,22-48,50-54H2,1-7,10-12H3/b49-21-. The summed E-state index contributed by atoms with van der Waals surface area (Å²) in [7, 11) is 0. The van der Waals surface area contributed by atoms with Crippen LogP contribution in [-0.4, -0.2) is 29.4 Å². The monoisotopic (exact) mass is 943 g/mol. The maximum absolute atomic E-state index is 4.75. The van der Waals surface area contributed by atoms with Gasteiger partial charge < -0.3 is 9.80 Å². The van der Waals surface area contributed by atoms with Gasteiger partial charge in [-0.2, -0.15) is 0 Å². The summed E-state index contributed by atoms with van der Waals surface area (Å²) in [5.74, 6) is 5.13. The highest BCUT2D eigenvalue weighted by Crippen LogP contribution is 2.34. The summed E-state index contributed by atoms with van der Waals surface area (Å²) < 4.78 is 0. The highest BCUT2D eigenvalue weighted by Gasteiger charge is 2.20. The Morgan fingerprint density at radius 3 is 1.16 bits per heavy atom. The van der Waals surface area contributed by atoms with E-state index < -0.39 is 0 Å². The molecule has 0 aromatic carbocycles. The van der Waals surface area contributed by atoms with Crippen molar-refractivity contribution in [1.29, 1.82) is 0 Å². The van der Waals surface area contributed by atoms with Crippen molar-refractivity contribution in [2.75, 3.05) is 19.6 Å². The van der Waals surface area contributed by atoms with E-state index in [9.17, 15) is 0 Å². The quantitative estimate of drug-likeness (QED) is 0.0443. The predicted octanol–water partition coefficient (Wildman–Crippen LogP) is 22.1. The van der Waals surface area contributed by atoms with Crippen molar-refractivity contribution in [3.05, 3.63) is 85.4 Å². The summed E-state index contributed by atoms with van der Waals surface area (Å²) in [6.07, 6.45) is 46.3. The Morgan fingerprint density at radius 2 is 0.794 bits per heavy atom. The van der Waals surface area contributed by atoms with Gasteiger partial charge in [-0.25, -0.2) is 0 Å². The van der Waals surface area contributed by atoms with Crippen molar-refractivity contribution in [2.24, 2.45) is 35.5 Å². The molecule has 0 spiro atoms. The molecule has 0 saturated heterocycles. The van der Waals surface area contributed by atoms with E-state index >= 15 is 0 Å². The number of nitrogens with zero attached hydrogens (tertiary/aromatic N) is 2. The molecule has 0 saturated carbocycles. The van der Waals surface area contributed by atoms with Gasteiger partial charge in [0.15, 0.2) is 0 Å². The van der Waals surface area contributed by atoms with Crippen molar-refractivity contribution in [2.45, 2.75) is 281 Å². The van der Waals surface area contributed by atoms with Crippen molar-refractivity contribution >= 4 is 0 Å². The molecule has 0 aromatic heterocycles. The van der Waals surface area contributed by atoms with Gasteiger partial charge in [-0.3, -0.25) is 0 Å². The van der Waals surface area contributed by atoms with Crippen LogP contribution in [0.1, 0.15) is 281 Å². The Kier molecular flexibility index (Phi) is 42.1. The average molecular weight is 944 g/mol. The van der Waals surface area contributed by atoms with E-state index in [0.717, 1.165) is 82.7 Å². The summed E-state index contributed by atoms with van der Waals surface area (Å²) in [5.41, 5.74) is 7.27. The maximum Gasteiger partial charge on any atom is 0.100 e. The third-order valence-electron chi connectivity index (χ3n) is 15.9. The minimum absolute atomic E-state index is 0.620. The Bertz CT molecular complexity index is 1300. The molecule has 68 heavy (non-hydrogen) atoms. The lowest BCUT2D eigenvalue weighted by Crippen LogP contribution is -2.33. The molecule has 5 atom stereocenters. The van der Waals surface area contributed by atoms with E-state index in [0.29, 0.717) is 29.6 Å². The van der Waals surface area contributed by atoms with Gasteiger partial charge >= 0.3 is 0 Å². The zero-order valence-electron chi connectivity index (χ0n) is 48.2. The van der Waals surface area contributed by atoms with Crippen LogP contribution < -0.4 is 0 Å². The van der Waals surface area contributed by atoms with Crippen LogP contribution in [0.4, 0.5) is 0 Å². The molecule has 0 bridgehead atoms. The molecule has 0 N–H and O–H groups in total. The second-order valence-electron chi connectivity index (χ2n) is 22.6. The summed E-state index contributed by atoms with van der Waals surface area (Å²) in [6, 6.07) is 0. The molecule has 0 radical (unpaired) electrons. The molecular formula is C66H122N2. The molecule has 2 nitrogen and oxygen atoms in total. The Morgan fingerprint density at radius 1 is 0.426 bits per heavy atom. The molecule has 396 valence electrons. The van der Waals surface area contributed by atoms with E-state index in [4.69, 9.17) is 13.2 Å². The van der Waals surface area contributed by atoms with Gasteiger partial charge in [0.05, 0.1) is 0 Å². The lowest BCUT2D eigenvalue weighted by Gasteiger charge is -2.33. The second kappa shape index (κ2) is 43.6. The number of hydrogen-bond donors (Lipinski definition) is 0. The maximum atomic E-state index is 4.75. The highest BCUT2D eigenvalue weighted by atomic mass is 15.3. The van der Waals surface area contributed by atoms with Gasteiger partial charge in [0.2, 0.25) is 0 Å². The van der Waals surface area contributed by atoms with E-state index in [1.165, 1.54) is 188 Å². The Hall–Kier alpha value is -2.22. The smallest absolute Gasteiger partial charge is 0.100 e. The molecule has 0 fully saturated rings. The van der Waals surface area contributed by atoms with Crippen LogP contribution in [0.5, 0.6) is 0 Å². The number of hydrogen-bond acceptors (Lipinski definition) is 2. The second-order valence-corrected chi connectivity index (χ2v) is 22.6. The van der Waals surface area contributed by atoms with Crippen molar-refractivity contribution in [3.8, 4) is 0 Å². The molecule has 0 rings (SSSR count). The SMILES string of the molecule is C=C(CCCN(CCCC(=C)CC(CCC(=C)C(C)CCCCCC)CC(C)CCCCCC)C(=C)N(/C=C\C)CC)CC(CCC(=C)C(C)CCCCCC)CCC(=C)C(C)CCCCCC. The fourth-order valence-electron chi connectivity index (χ4n) is 10.6. The first-order valence-electron chi connectivity index (χ1n) is 29.9. The molecule has 2 heteroatoms. The van der Waals surface area contributed by atoms with Gasteiger partial charge in [-0.15, -0.1) is 0 Å². The van der Waals surface area contributed by atoms with Gasteiger partial charge in [-0.05, 0) is 152 Å². The molecule has 0 aromatic rings. The number of rotatable bonds is 50. The molecule has 0 aliphatic carbocycles. The zero-order valence-corrected chi connectivity index (χ0v) is 48.2. The summed E-state index contributed by atoms with van der Waals surface area (Å²) >= 11 is 0. The number of unbranched alkanes of at least 4 members (excludes halogenated alkanes) is 12. The normalized spacial score (nSPS) is 14.3. The van der Waals surface area contributed by atoms with Gasteiger partial charge in [0, 0.05) is 25.8 Å². The summed E-state index contributed by atoms with van der Waals surface area (Å²) in [5, 5.41) is 0. The summed E-state index contributed by atoms with van der Waals surface area (Å²) in [4.78, 5) is 4.89. The molecule has 0 aliphatic heterocycles. The highest BCUT2D eigenvalue weighted by molar-refractivity contribution is 5.06. The average Bonchev–Trinajstić information content (AvgIpc) is 3.32. The molecule has 0 heterocycles. The van der Waals surface area contributed by atoms with Crippen LogP contribution in [0, 0.1) is 35.5 Å². The van der Waals surface area contributed by atoms with Crippen molar-refractivity contribution < 1.29 is 0 Å². The van der Waals surface area contributed by atoms with Gasteiger partial charge in [0.1, 0.15) is 5.82 Å². The fourth-order valence-corrected chi connectivity index (χ4v) is 10.6. The van der Waals surface area contributed by atoms with Crippen LogP contribution >= 0.6 is 0 Å².